The fraction of sp³-hybridized carbons (Fsp3) is 0.231. The number of nitrogens with one attached hydrogen (secondary N) is 1. The number of benzene rings is 1. The zero-order chi connectivity index (χ0) is 13.1. The summed E-state index contributed by atoms with van der Waals surface area (Å²) < 4.78 is 14.2. The number of likely N-dealkylation sites (N-methyl/N-ethyl adjacent to an activating group) is 1. The van der Waals surface area contributed by atoms with E-state index in [1.807, 2.05) is 7.05 Å². The summed E-state index contributed by atoms with van der Waals surface area (Å²) in [6.45, 7) is 0. The molecule has 1 unspecified atom stereocenters. The van der Waals surface area contributed by atoms with Crippen molar-refractivity contribution in [2.75, 3.05) is 7.05 Å². The lowest BCUT2D eigenvalue weighted by Crippen LogP contribution is -2.18. The molecule has 1 aromatic heterocycles. The fourth-order valence-electron chi connectivity index (χ4n) is 1.78. The van der Waals surface area contributed by atoms with E-state index < -0.39 is 0 Å². The van der Waals surface area contributed by atoms with Crippen LogP contribution in [-0.2, 0) is 6.42 Å². The average Bonchev–Trinajstić information content (AvgIpc) is 2.75. The Morgan fingerprint density at radius 3 is 2.78 bits per heavy atom. The van der Waals surface area contributed by atoms with Gasteiger partial charge in [-0.2, -0.15) is 0 Å². The van der Waals surface area contributed by atoms with Gasteiger partial charge in [0.15, 0.2) is 0 Å². The second kappa shape index (κ2) is 6.15. The van der Waals surface area contributed by atoms with Crippen LogP contribution in [0.15, 0.2) is 34.1 Å². The molecular weight excluding hydrogens is 337 g/mol. The van der Waals surface area contributed by atoms with Crippen molar-refractivity contribution in [2.24, 2.45) is 0 Å². The van der Waals surface area contributed by atoms with Crippen LogP contribution in [0.1, 0.15) is 16.5 Å². The van der Waals surface area contributed by atoms with Crippen molar-refractivity contribution in [3.63, 3.8) is 0 Å². The van der Waals surface area contributed by atoms with Gasteiger partial charge in [0.1, 0.15) is 5.82 Å². The predicted molar refractivity (Wildman–Crippen MR) is 78.9 cm³/mol. The number of hydrogen-bond acceptors (Lipinski definition) is 2. The lowest BCUT2D eigenvalue weighted by molar-refractivity contribution is 0.590. The first-order chi connectivity index (χ1) is 8.60. The minimum absolute atomic E-state index is 0.133. The Morgan fingerprint density at radius 1 is 1.44 bits per heavy atom. The Hall–Kier alpha value is -0.420. The molecule has 0 amide bonds. The highest BCUT2D eigenvalue weighted by molar-refractivity contribution is 9.10. The first-order valence-corrected chi connectivity index (χ1v) is 7.50. The van der Waals surface area contributed by atoms with E-state index in [9.17, 15) is 4.39 Å². The van der Waals surface area contributed by atoms with Gasteiger partial charge in [-0.15, -0.1) is 11.3 Å². The molecule has 0 radical (unpaired) electrons. The summed E-state index contributed by atoms with van der Waals surface area (Å²) in [7, 11) is 1.89. The van der Waals surface area contributed by atoms with E-state index >= 15 is 0 Å². The summed E-state index contributed by atoms with van der Waals surface area (Å²) >= 11 is 11.0. The van der Waals surface area contributed by atoms with E-state index in [1.165, 1.54) is 10.9 Å². The van der Waals surface area contributed by atoms with Gasteiger partial charge in [0, 0.05) is 27.2 Å². The van der Waals surface area contributed by atoms with Crippen LogP contribution in [0.3, 0.4) is 0 Å². The van der Waals surface area contributed by atoms with Crippen LogP contribution >= 0.6 is 38.9 Å². The molecule has 1 atom stereocenters. The van der Waals surface area contributed by atoms with Gasteiger partial charge in [0.25, 0.3) is 0 Å². The molecule has 0 bridgehead atoms. The number of halogens is 3. The molecule has 0 saturated carbocycles. The smallest absolute Gasteiger partial charge is 0.141 e. The molecule has 18 heavy (non-hydrogen) atoms. The Kier molecular flexibility index (Phi) is 4.78. The van der Waals surface area contributed by atoms with Crippen LogP contribution in [0.5, 0.6) is 0 Å². The second-order valence-electron chi connectivity index (χ2n) is 3.95. The van der Waals surface area contributed by atoms with Gasteiger partial charge in [-0.05, 0) is 46.7 Å². The lowest BCUT2D eigenvalue weighted by atomic mass is 10.0. The van der Waals surface area contributed by atoms with Gasteiger partial charge >= 0.3 is 0 Å². The number of thiophene rings is 1. The quantitative estimate of drug-likeness (QED) is 0.836. The van der Waals surface area contributed by atoms with Gasteiger partial charge in [-0.25, -0.2) is 4.39 Å². The highest BCUT2D eigenvalue weighted by atomic mass is 79.9. The van der Waals surface area contributed by atoms with Crippen LogP contribution in [0.25, 0.3) is 0 Å². The number of rotatable bonds is 4. The van der Waals surface area contributed by atoms with E-state index in [-0.39, 0.29) is 16.9 Å². The Labute approximate surface area is 123 Å². The molecule has 0 fully saturated rings. The third kappa shape index (κ3) is 3.32. The van der Waals surface area contributed by atoms with Crippen molar-refractivity contribution >= 4 is 38.9 Å². The summed E-state index contributed by atoms with van der Waals surface area (Å²) in [5.41, 5.74) is 0.994. The van der Waals surface area contributed by atoms with Crippen LogP contribution < -0.4 is 5.32 Å². The highest BCUT2D eigenvalue weighted by Gasteiger charge is 2.13. The molecule has 5 heteroatoms. The SMILES string of the molecule is CNC(Cc1cc(Br)cs1)c1ccc(F)c(Cl)c1. The molecule has 1 heterocycles. The Morgan fingerprint density at radius 2 is 2.22 bits per heavy atom. The fourth-order valence-corrected chi connectivity index (χ4v) is 3.46. The van der Waals surface area contributed by atoms with E-state index in [4.69, 9.17) is 11.6 Å². The largest absolute Gasteiger partial charge is 0.313 e. The molecule has 0 aliphatic heterocycles. The van der Waals surface area contributed by atoms with Crippen molar-refractivity contribution < 1.29 is 4.39 Å². The first-order valence-electron chi connectivity index (χ1n) is 5.45. The van der Waals surface area contributed by atoms with Gasteiger partial charge in [0.2, 0.25) is 0 Å². The van der Waals surface area contributed by atoms with Crippen molar-refractivity contribution in [3.05, 3.63) is 55.4 Å². The molecule has 1 nitrogen and oxygen atoms in total. The third-order valence-electron chi connectivity index (χ3n) is 2.72. The molecule has 0 spiro atoms. The molecule has 96 valence electrons. The van der Waals surface area contributed by atoms with Crippen molar-refractivity contribution in [1.29, 1.82) is 0 Å². The first kappa shape index (κ1) is 14.0. The summed E-state index contributed by atoms with van der Waals surface area (Å²) in [6, 6.07) is 7.09. The molecular formula is C13H12BrClFNS. The van der Waals surface area contributed by atoms with Crippen molar-refractivity contribution in [1.82, 2.24) is 5.32 Å². The molecule has 2 rings (SSSR count). The van der Waals surface area contributed by atoms with Gasteiger partial charge < -0.3 is 5.32 Å². The topological polar surface area (TPSA) is 12.0 Å². The van der Waals surface area contributed by atoms with E-state index in [0.29, 0.717) is 0 Å². The zero-order valence-corrected chi connectivity index (χ0v) is 12.9. The van der Waals surface area contributed by atoms with Crippen molar-refractivity contribution in [3.8, 4) is 0 Å². The molecule has 2 aromatic rings. The van der Waals surface area contributed by atoms with Crippen molar-refractivity contribution in [2.45, 2.75) is 12.5 Å². The summed E-state index contributed by atoms with van der Waals surface area (Å²) in [6.07, 6.45) is 0.856. The highest BCUT2D eigenvalue weighted by Crippen LogP contribution is 2.27. The second-order valence-corrected chi connectivity index (χ2v) is 6.27. The predicted octanol–water partition coefficient (Wildman–Crippen LogP) is 4.81. The van der Waals surface area contributed by atoms with E-state index in [1.54, 1.807) is 23.5 Å². The Balaban J connectivity index is 2.19. The molecule has 1 N–H and O–H groups in total. The molecule has 0 aliphatic rings. The maximum absolute atomic E-state index is 13.1. The van der Waals surface area contributed by atoms with Crippen LogP contribution in [0.4, 0.5) is 4.39 Å². The van der Waals surface area contributed by atoms with E-state index in [0.717, 1.165) is 16.5 Å². The lowest BCUT2D eigenvalue weighted by Gasteiger charge is -2.16. The maximum atomic E-state index is 13.1. The molecule has 0 aliphatic carbocycles. The van der Waals surface area contributed by atoms with Crippen LogP contribution in [0, 0.1) is 5.82 Å². The minimum Gasteiger partial charge on any atom is -0.313 e. The summed E-state index contributed by atoms with van der Waals surface area (Å²) in [5, 5.41) is 5.46. The normalized spacial score (nSPS) is 12.7. The van der Waals surface area contributed by atoms with Gasteiger partial charge in [-0.3, -0.25) is 0 Å². The minimum atomic E-state index is -0.380. The van der Waals surface area contributed by atoms with E-state index in [2.05, 4.69) is 32.7 Å². The molecule has 1 aromatic carbocycles. The molecule has 0 saturated heterocycles. The van der Waals surface area contributed by atoms with Crippen LogP contribution in [0.2, 0.25) is 5.02 Å². The van der Waals surface area contributed by atoms with Gasteiger partial charge in [-0.1, -0.05) is 17.7 Å². The third-order valence-corrected chi connectivity index (χ3v) is 4.73. The summed E-state index contributed by atoms with van der Waals surface area (Å²) in [4.78, 5) is 1.27. The van der Waals surface area contributed by atoms with Crippen LogP contribution in [-0.4, -0.2) is 7.05 Å². The number of hydrogen-bond donors (Lipinski definition) is 1. The Bertz CT molecular complexity index is 544. The average molecular weight is 349 g/mol. The maximum Gasteiger partial charge on any atom is 0.141 e. The monoisotopic (exact) mass is 347 g/mol. The zero-order valence-electron chi connectivity index (χ0n) is 9.71. The standard InChI is InChI=1S/C13H12BrClFNS/c1-17-13(6-10-5-9(14)7-18-10)8-2-3-12(16)11(15)4-8/h2-5,7,13,17H,6H2,1H3. The van der Waals surface area contributed by atoms with Gasteiger partial charge in [0.05, 0.1) is 5.02 Å². The summed E-state index contributed by atoms with van der Waals surface area (Å²) in [5.74, 6) is -0.380.